The van der Waals surface area contributed by atoms with Crippen LogP contribution in [0.25, 0.3) is 54.6 Å². The molecule has 0 radical (unpaired) electrons. The van der Waals surface area contributed by atoms with Crippen molar-refractivity contribution in [2.45, 2.75) is 72.3 Å². The maximum Gasteiger partial charge on any atom is 0.261 e. The Kier molecular flexibility index (Phi) is 7.05. The van der Waals surface area contributed by atoms with E-state index in [1.54, 1.807) is 6.07 Å². The van der Waals surface area contributed by atoms with Gasteiger partial charge in [-0.05, 0) is 87.7 Å². The van der Waals surface area contributed by atoms with Crippen LogP contribution >= 0.6 is 15.9 Å². The van der Waals surface area contributed by atoms with Crippen LogP contribution in [0.2, 0.25) is 0 Å². The standard InChI is InChI=1S/C36H36BrNO3/c1-19(2)23-17-27(20(3)4)32(28(18-23)21(5)6)22-8-12-30-29(16-22)24-9-10-25-33-26(11-13-31(41-30)34(24)33)36(40)38(35(25)39)15-7-14-37/h8-13,16-21H,7,14-15H2,1-6H3. The van der Waals surface area contributed by atoms with E-state index in [2.05, 4.69) is 87.8 Å². The minimum absolute atomic E-state index is 0.236. The Balaban J connectivity index is 1.69. The summed E-state index contributed by atoms with van der Waals surface area (Å²) in [7, 11) is 0. The number of alkyl halides is 1. The highest BCUT2D eigenvalue weighted by Crippen LogP contribution is 2.42. The quantitative estimate of drug-likeness (QED) is 0.103. The molecule has 5 heteroatoms. The van der Waals surface area contributed by atoms with E-state index in [4.69, 9.17) is 4.42 Å². The second-order valence-electron chi connectivity index (χ2n) is 12.2. The van der Waals surface area contributed by atoms with E-state index < -0.39 is 0 Å². The van der Waals surface area contributed by atoms with Crippen molar-refractivity contribution in [2.24, 2.45) is 0 Å². The summed E-state index contributed by atoms with van der Waals surface area (Å²) in [5, 5.41) is 5.38. The zero-order valence-electron chi connectivity index (χ0n) is 24.6. The predicted molar refractivity (Wildman–Crippen MR) is 177 cm³/mol. The summed E-state index contributed by atoms with van der Waals surface area (Å²) in [5.41, 5.74) is 7.53. The number of fused-ring (bicyclic) bond motifs is 2. The number of pyridine rings is 1. The molecule has 0 aliphatic rings. The molecular formula is C36H36BrNO3. The number of hydrogen-bond acceptors (Lipinski definition) is 3. The fourth-order valence-corrected chi connectivity index (χ4v) is 6.58. The molecule has 0 saturated heterocycles. The number of halogens is 1. The lowest BCUT2D eigenvalue weighted by Crippen LogP contribution is -2.33. The SMILES string of the molecule is CC(C)c1cc(C(C)C)c(-c2ccc3oc4ccc5c(=O)n(CCCBr)c(=O)c6ccc(c3c2)c4c56)c(C(C)C)c1. The fraction of sp³-hybridized carbons (Fsp3) is 0.333. The average Bonchev–Trinajstić information content (AvgIpc) is 2.95. The molecule has 0 aliphatic carbocycles. The molecule has 4 aromatic carbocycles. The normalized spacial score (nSPS) is 12.4. The summed E-state index contributed by atoms with van der Waals surface area (Å²) < 4.78 is 7.82. The van der Waals surface area contributed by atoms with E-state index in [0.717, 1.165) is 32.6 Å². The highest BCUT2D eigenvalue weighted by molar-refractivity contribution is 9.09. The maximum absolute atomic E-state index is 13.5. The molecule has 0 saturated carbocycles. The van der Waals surface area contributed by atoms with Crippen LogP contribution in [0.15, 0.2) is 68.6 Å². The van der Waals surface area contributed by atoms with Gasteiger partial charge in [0.15, 0.2) is 0 Å². The summed E-state index contributed by atoms with van der Waals surface area (Å²) in [4.78, 5) is 26.9. The van der Waals surface area contributed by atoms with E-state index in [1.165, 1.54) is 26.8 Å². The van der Waals surface area contributed by atoms with Crippen LogP contribution < -0.4 is 11.1 Å². The molecule has 0 fully saturated rings. The highest BCUT2D eigenvalue weighted by atomic mass is 79.9. The lowest BCUT2D eigenvalue weighted by molar-refractivity contribution is 0.648. The Hall–Kier alpha value is -3.44. The van der Waals surface area contributed by atoms with Crippen molar-refractivity contribution in [2.75, 3.05) is 5.33 Å². The van der Waals surface area contributed by atoms with E-state index >= 15 is 0 Å². The number of aromatic nitrogens is 1. The van der Waals surface area contributed by atoms with Gasteiger partial charge in [-0.15, -0.1) is 0 Å². The third-order valence-corrected chi connectivity index (χ3v) is 9.06. The predicted octanol–water partition coefficient (Wildman–Crippen LogP) is 9.67. The number of rotatable bonds is 7. The smallest absolute Gasteiger partial charge is 0.261 e. The highest BCUT2D eigenvalue weighted by Gasteiger charge is 2.22. The van der Waals surface area contributed by atoms with E-state index in [1.807, 2.05) is 18.2 Å². The average molecular weight is 611 g/mol. The first kappa shape index (κ1) is 27.7. The van der Waals surface area contributed by atoms with Crippen LogP contribution in [-0.4, -0.2) is 9.90 Å². The van der Waals surface area contributed by atoms with Crippen molar-refractivity contribution in [3.05, 3.63) is 92.0 Å². The van der Waals surface area contributed by atoms with Crippen molar-refractivity contribution in [1.29, 1.82) is 0 Å². The van der Waals surface area contributed by atoms with Crippen LogP contribution in [0.1, 0.15) is 82.4 Å². The van der Waals surface area contributed by atoms with Crippen molar-refractivity contribution < 1.29 is 4.42 Å². The van der Waals surface area contributed by atoms with E-state index in [0.29, 0.717) is 52.5 Å². The van der Waals surface area contributed by atoms with E-state index in [-0.39, 0.29) is 11.1 Å². The molecule has 2 aromatic heterocycles. The van der Waals surface area contributed by atoms with Crippen molar-refractivity contribution in [3.8, 4) is 11.1 Å². The Morgan fingerprint density at radius 2 is 1.27 bits per heavy atom. The molecule has 0 spiro atoms. The van der Waals surface area contributed by atoms with Gasteiger partial charge < -0.3 is 4.42 Å². The molecule has 6 rings (SSSR count). The second-order valence-corrected chi connectivity index (χ2v) is 13.0. The summed E-state index contributed by atoms with van der Waals surface area (Å²) >= 11 is 3.42. The number of hydrogen-bond donors (Lipinski definition) is 0. The molecule has 4 nitrogen and oxygen atoms in total. The molecular weight excluding hydrogens is 574 g/mol. The van der Waals surface area contributed by atoms with Gasteiger partial charge in [-0.25, -0.2) is 0 Å². The molecule has 41 heavy (non-hydrogen) atoms. The molecule has 0 amide bonds. The van der Waals surface area contributed by atoms with Gasteiger partial charge in [0.25, 0.3) is 11.1 Å². The number of benzene rings is 4. The molecule has 2 heterocycles. The molecule has 0 bridgehead atoms. The summed E-state index contributed by atoms with van der Waals surface area (Å²) in [6.45, 7) is 14.0. The summed E-state index contributed by atoms with van der Waals surface area (Å²) in [6.07, 6.45) is 0.709. The Morgan fingerprint density at radius 3 is 1.85 bits per heavy atom. The zero-order valence-corrected chi connectivity index (χ0v) is 26.2. The van der Waals surface area contributed by atoms with Crippen LogP contribution in [0.3, 0.4) is 0 Å². The monoisotopic (exact) mass is 609 g/mol. The van der Waals surface area contributed by atoms with Gasteiger partial charge in [-0.3, -0.25) is 14.2 Å². The molecule has 0 atom stereocenters. The van der Waals surface area contributed by atoms with Gasteiger partial charge >= 0.3 is 0 Å². The third kappa shape index (κ3) is 4.41. The maximum atomic E-state index is 13.5. The van der Waals surface area contributed by atoms with Gasteiger partial charge in [-0.2, -0.15) is 0 Å². The molecule has 6 aromatic rings. The largest absolute Gasteiger partial charge is 0.456 e. The summed E-state index contributed by atoms with van der Waals surface area (Å²) in [6, 6.07) is 18.8. The van der Waals surface area contributed by atoms with Crippen LogP contribution in [0, 0.1) is 0 Å². The minimum Gasteiger partial charge on any atom is -0.456 e. The zero-order chi connectivity index (χ0) is 29.2. The Labute approximate surface area is 248 Å². The third-order valence-electron chi connectivity index (χ3n) is 8.50. The number of nitrogens with zero attached hydrogens (tertiary/aromatic N) is 1. The van der Waals surface area contributed by atoms with Crippen molar-refractivity contribution in [3.63, 3.8) is 0 Å². The molecule has 0 aliphatic heterocycles. The van der Waals surface area contributed by atoms with Crippen LogP contribution in [0.4, 0.5) is 0 Å². The van der Waals surface area contributed by atoms with Gasteiger partial charge in [0.05, 0.1) is 0 Å². The van der Waals surface area contributed by atoms with Crippen molar-refractivity contribution in [1.82, 2.24) is 4.57 Å². The van der Waals surface area contributed by atoms with Gasteiger partial charge in [0.2, 0.25) is 0 Å². The van der Waals surface area contributed by atoms with Gasteiger partial charge in [0.1, 0.15) is 11.2 Å². The van der Waals surface area contributed by atoms with Gasteiger partial charge in [0, 0.05) is 38.8 Å². The lowest BCUT2D eigenvalue weighted by Gasteiger charge is -2.23. The minimum atomic E-state index is -0.236. The molecule has 0 unspecified atom stereocenters. The molecule has 210 valence electrons. The van der Waals surface area contributed by atoms with Crippen LogP contribution in [-0.2, 0) is 6.54 Å². The van der Waals surface area contributed by atoms with Crippen molar-refractivity contribution >= 4 is 59.4 Å². The lowest BCUT2D eigenvalue weighted by atomic mass is 9.81. The first-order chi connectivity index (χ1) is 19.6. The Morgan fingerprint density at radius 1 is 0.683 bits per heavy atom. The first-order valence-corrected chi connectivity index (χ1v) is 15.8. The fourth-order valence-electron chi connectivity index (χ4n) is 6.33. The second kappa shape index (κ2) is 10.4. The topological polar surface area (TPSA) is 52.2 Å². The summed E-state index contributed by atoms with van der Waals surface area (Å²) in [5.74, 6) is 1.18. The van der Waals surface area contributed by atoms with Crippen LogP contribution in [0.5, 0.6) is 0 Å². The first-order valence-electron chi connectivity index (χ1n) is 14.6. The van der Waals surface area contributed by atoms with E-state index in [9.17, 15) is 9.59 Å². The van der Waals surface area contributed by atoms with Gasteiger partial charge in [-0.1, -0.05) is 81.7 Å². The molecule has 0 N–H and O–H groups in total. The Bertz CT molecular complexity index is 2000.